The third kappa shape index (κ3) is 64.2. The summed E-state index contributed by atoms with van der Waals surface area (Å²) in [6.07, 6.45) is 20.9. The number of aliphatic carboxylic acids is 4. The van der Waals surface area contributed by atoms with E-state index < -0.39 is 23.9 Å². The molecule has 0 aromatic rings. The molecule has 38 heavy (non-hydrogen) atoms. The van der Waals surface area contributed by atoms with Crippen molar-refractivity contribution in [2.45, 2.75) is 169 Å². The first-order chi connectivity index (χ1) is 18.1. The summed E-state index contributed by atoms with van der Waals surface area (Å²) in [6, 6.07) is 0. The molecule has 0 spiro atoms. The summed E-state index contributed by atoms with van der Waals surface area (Å²) in [5.74, 6) is -2.69. The van der Waals surface area contributed by atoms with Gasteiger partial charge in [0, 0.05) is 25.7 Å². The zero-order chi connectivity index (χ0) is 29.9. The van der Waals surface area contributed by atoms with Crippen LogP contribution in [0.15, 0.2) is 0 Å². The van der Waals surface area contributed by atoms with Crippen LogP contribution in [-0.4, -0.2) is 44.3 Å². The van der Waals surface area contributed by atoms with Gasteiger partial charge >= 0.3 is 23.9 Å². The normalized spacial score (nSPS) is 9.58. The molecule has 0 amide bonds. The third-order valence-electron chi connectivity index (χ3n) is 5.48. The smallest absolute Gasteiger partial charge is 0.303 e. The number of carboxylic acid groups (broad SMARTS) is 4. The number of carboxylic acids is 4. The lowest BCUT2D eigenvalue weighted by atomic mass is 10.1. The fourth-order valence-electron chi connectivity index (χ4n) is 3.17. The van der Waals surface area contributed by atoms with Gasteiger partial charge < -0.3 is 20.4 Å². The number of unbranched alkanes of at least 4 members (excludes halogenated alkanes) is 14. The van der Waals surface area contributed by atoms with E-state index in [2.05, 4.69) is 27.7 Å². The fourth-order valence-corrected chi connectivity index (χ4v) is 3.17. The molecule has 228 valence electrons. The second kappa shape index (κ2) is 39.4. The summed E-state index contributed by atoms with van der Waals surface area (Å²) >= 11 is 0. The molecule has 0 rings (SSSR count). The van der Waals surface area contributed by atoms with Gasteiger partial charge in [-0.1, -0.05) is 118 Å². The molecule has 0 aromatic carbocycles. The van der Waals surface area contributed by atoms with Gasteiger partial charge in [0.15, 0.2) is 0 Å². The monoisotopic (exact) mass is 548 g/mol. The molecule has 0 radical (unpaired) electrons. The van der Waals surface area contributed by atoms with Crippen LogP contribution < -0.4 is 0 Å². The highest BCUT2D eigenvalue weighted by Gasteiger charge is 1.96. The van der Waals surface area contributed by atoms with Crippen LogP contribution >= 0.6 is 0 Å². The summed E-state index contributed by atoms with van der Waals surface area (Å²) in [6.45, 7) is 8.52. The average molecular weight is 549 g/mol. The van der Waals surface area contributed by atoms with Gasteiger partial charge in [0.1, 0.15) is 0 Å². The SMILES string of the molecule is CCCCCCC(=O)O.CCCCCCC(=O)O.CCCCCCCC(=O)O.CCCCCCCC(=O)O. The van der Waals surface area contributed by atoms with Crippen molar-refractivity contribution in [3.05, 3.63) is 0 Å². The summed E-state index contributed by atoms with van der Waals surface area (Å²) in [5.41, 5.74) is 0. The first-order valence-corrected chi connectivity index (χ1v) is 15.0. The van der Waals surface area contributed by atoms with Crippen molar-refractivity contribution in [3.8, 4) is 0 Å². The average Bonchev–Trinajstić information content (AvgIpc) is 2.85. The maximum absolute atomic E-state index is 10.0. The number of hydrogen-bond acceptors (Lipinski definition) is 4. The Hall–Kier alpha value is -2.12. The lowest BCUT2D eigenvalue weighted by Gasteiger charge is -1.95. The van der Waals surface area contributed by atoms with Crippen LogP contribution in [-0.2, 0) is 19.2 Å². The van der Waals surface area contributed by atoms with Crippen molar-refractivity contribution in [3.63, 3.8) is 0 Å². The Morgan fingerprint density at radius 2 is 0.474 bits per heavy atom. The molecule has 8 heteroatoms. The third-order valence-corrected chi connectivity index (χ3v) is 5.48. The maximum Gasteiger partial charge on any atom is 0.303 e. The molecule has 4 N–H and O–H groups in total. The lowest BCUT2D eigenvalue weighted by Crippen LogP contribution is -1.93. The standard InChI is InChI=1S/2C8H16O2.2C7H14O2/c2*1-2-3-4-5-6-7-8(9)10;2*1-2-3-4-5-6-7(8)9/h2*2-7H2,1H3,(H,9,10);2*2-6H2,1H3,(H,8,9). The Morgan fingerprint density at radius 3 is 0.632 bits per heavy atom. The van der Waals surface area contributed by atoms with Gasteiger partial charge in [-0.25, -0.2) is 0 Å². The van der Waals surface area contributed by atoms with E-state index in [9.17, 15) is 19.2 Å². The van der Waals surface area contributed by atoms with Crippen LogP contribution in [0.4, 0.5) is 0 Å². The number of rotatable bonds is 22. The lowest BCUT2D eigenvalue weighted by molar-refractivity contribution is -0.138. The van der Waals surface area contributed by atoms with Crippen molar-refractivity contribution < 1.29 is 39.6 Å². The van der Waals surface area contributed by atoms with E-state index in [1.807, 2.05) is 0 Å². The van der Waals surface area contributed by atoms with Crippen molar-refractivity contribution >= 4 is 23.9 Å². The predicted octanol–water partition coefficient (Wildman–Crippen LogP) is 8.95. The first-order valence-electron chi connectivity index (χ1n) is 15.0. The summed E-state index contributed by atoms with van der Waals surface area (Å²) in [4.78, 5) is 40.0. The quantitative estimate of drug-likeness (QED) is 0.0979. The minimum atomic E-state index is -0.675. The van der Waals surface area contributed by atoms with Gasteiger partial charge in [0.2, 0.25) is 0 Å². The Labute approximate surface area is 232 Å². The van der Waals surface area contributed by atoms with E-state index in [-0.39, 0.29) is 0 Å². The molecule has 0 aromatic heterocycles. The minimum Gasteiger partial charge on any atom is -0.481 e. The van der Waals surface area contributed by atoms with Crippen molar-refractivity contribution in [2.24, 2.45) is 0 Å². The molecule has 0 aliphatic carbocycles. The minimum absolute atomic E-state index is 0.333. The molecule has 0 unspecified atom stereocenters. The van der Waals surface area contributed by atoms with Crippen LogP contribution in [0.3, 0.4) is 0 Å². The van der Waals surface area contributed by atoms with E-state index in [0.717, 1.165) is 64.2 Å². The Morgan fingerprint density at radius 1 is 0.316 bits per heavy atom. The molecule has 0 fully saturated rings. The number of hydrogen-bond donors (Lipinski definition) is 4. The molecule has 0 saturated heterocycles. The Kier molecular flexibility index (Phi) is 44.5. The van der Waals surface area contributed by atoms with Crippen LogP contribution in [0.5, 0.6) is 0 Å². The zero-order valence-electron chi connectivity index (χ0n) is 25.0. The van der Waals surface area contributed by atoms with Gasteiger partial charge in [0.25, 0.3) is 0 Å². The highest BCUT2D eigenvalue weighted by Crippen LogP contribution is 2.05. The zero-order valence-corrected chi connectivity index (χ0v) is 25.0. The molecule has 0 atom stereocenters. The Balaban J connectivity index is -0.000000203. The van der Waals surface area contributed by atoms with Gasteiger partial charge in [-0.15, -0.1) is 0 Å². The van der Waals surface area contributed by atoms with Gasteiger partial charge in [-0.3, -0.25) is 19.2 Å². The second-order valence-corrected chi connectivity index (χ2v) is 9.52. The summed E-state index contributed by atoms with van der Waals surface area (Å²) in [7, 11) is 0. The van der Waals surface area contributed by atoms with Crippen LogP contribution in [0, 0.1) is 0 Å². The summed E-state index contributed by atoms with van der Waals surface area (Å²) in [5, 5.41) is 33.0. The van der Waals surface area contributed by atoms with E-state index in [4.69, 9.17) is 20.4 Å². The maximum atomic E-state index is 10.0. The van der Waals surface area contributed by atoms with Crippen LogP contribution in [0.2, 0.25) is 0 Å². The van der Waals surface area contributed by atoms with Gasteiger partial charge in [-0.2, -0.15) is 0 Å². The Bertz CT molecular complexity index is 474. The fraction of sp³-hybridized carbons (Fsp3) is 0.867. The molecular weight excluding hydrogens is 488 g/mol. The van der Waals surface area contributed by atoms with E-state index >= 15 is 0 Å². The molecule has 0 saturated carbocycles. The van der Waals surface area contributed by atoms with Gasteiger partial charge in [0.05, 0.1) is 0 Å². The van der Waals surface area contributed by atoms with Crippen LogP contribution in [0.1, 0.15) is 169 Å². The largest absolute Gasteiger partial charge is 0.481 e. The molecule has 0 aliphatic heterocycles. The summed E-state index contributed by atoms with van der Waals surface area (Å²) < 4.78 is 0. The van der Waals surface area contributed by atoms with E-state index in [1.54, 1.807) is 0 Å². The van der Waals surface area contributed by atoms with E-state index in [1.165, 1.54) is 51.4 Å². The predicted molar refractivity (Wildman–Crippen MR) is 155 cm³/mol. The topological polar surface area (TPSA) is 149 Å². The molecular formula is C30H60O8. The van der Waals surface area contributed by atoms with Crippen LogP contribution in [0.25, 0.3) is 0 Å². The molecule has 0 aliphatic rings. The van der Waals surface area contributed by atoms with Crippen molar-refractivity contribution in [2.75, 3.05) is 0 Å². The van der Waals surface area contributed by atoms with Crippen molar-refractivity contribution in [1.29, 1.82) is 0 Å². The highest BCUT2D eigenvalue weighted by molar-refractivity contribution is 5.67. The highest BCUT2D eigenvalue weighted by atomic mass is 16.4. The molecule has 0 heterocycles. The number of carbonyl (C=O) groups is 4. The molecule has 8 nitrogen and oxygen atoms in total. The van der Waals surface area contributed by atoms with Gasteiger partial charge in [-0.05, 0) is 25.7 Å². The van der Waals surface area contributed by atoms with Crippen molar-refractivity contribution in [1.82, 2.24) is 0 Å². The first kappa shape index (κ1) is 43.0. The second-order valence-electron chi connectivity index (χ2n) is 9.52. The van der Waals surface area contributed by atoms with E-state index in [0.29, 0.717) is 25.7 Å². The molecule has 0 bridgehead atoms.